The van der Waals surface area contributed by atoms with Gasteiger partial charge in [-0.05, 0) is 38.1 Å². The Kier molecular flexibility index (Phi) is 7.66. The zero-order chi connectivity index (χ0) is 15.7. The zero-order valence-electron chi connectivity index (χ0n) is 12.5. The van der Waals surface area contributed by atoms with E-state index in [4.69, 9.17) is 9.47 Å². The normalized spacial score (nSPS) is 12.0. The van der Waals surface area contributed by atoms with Gasteiger partial charge >= 0.3 is 0 Å². The topological polar surface area (TPSA) is 76.1 Å². The van der Waals surface area contributed by atoms with Crippen LogP contribution in [0, 0.1) is 0 Å². The zero-order valence-corrected chi connectivity index (χ0v) is 13.3. The summed E-state index contributed by atoms with van der Waals surface area (Å²) in [5, 5.41) is 9.26. The third-order valence-corrected chi connectivity index (χ3v) is 4.77. The van der Waals surface area contributed by atoms with E-state index in [2.05, 4.69) is 0 Å². The van der Waals surface area contributed by atoms with Crippen LogP contribution in [-0.2, 0) is 19.5 Å². The molecule has 0 bridgehead atoms. The van der Waals surface area contributed by atoms with Gasteiger partial charge in [0, 0.05) is 26.3 Å². The molecule has 21 heavy (non-hydrogen) atoms. The number of aromatic hydroxyl groups is 1. The van der Waals surface area contributed by atoms with Crippen LogP contribution in [0.1, 0.15) is 13.8 Å². The highest BCUT2D eigenvalue weighted by Crippen LogP contribution is 2.18. The van der Waals surface area contributed by atoms with Gasteiger partial charge in [0.25, 0.3) is 0 Å². The largest absolute Gasteiger partial charge is 0.508 e. The summed E-state index contributed by atoms with van der Waals surface area (Å²) in [5.41, 5.74) is 0. The van der Waals surface area contributed by atoms with E-state index in [1.54, 1.807) is 0 Å². The molecule has 0 spiro atoms. The maximum atomic E-state index is 12.6. The predicted molar refractivity (Wildman–Crippen MR) is 79.9 cm³/mol. The summed E-state index contributed by atoms with van der Waals surface area (Å²) in [6.07, 6.45) is 0. The quantitative estimate of drug-likeness (QED) is 0.661. The molecule has 6 nitrogen and oxygen atoms in total. The lowest BCUT2D eigenvalue weighted by molar-refractivity contribution is 0.110. The molecule has 0 atom stereocenters. The third-order valence-electron chi connectivity index (χ3n) is 2.85. The number of hydrogen-bond acceptors (Lipinski definition) is 5. The second-order valence-corrected chi connectivity index (χ2v) is 6.23. The van der Waals surface area contributed by atoms with E-state index in [9.17, 15) is 13.5 Å². The van der Waals surface area contributed by atoms with Crippen LogP contribution in [0.4, 0.5) is 0 Å². The standard InChI is InChI=1S/C14H23NO5S/c1-3-19-11-9-15(10-12-20-4-2)21(17,18)14-7-5-13(16)6-8-14/h5-8,16H,3-4,9-12H2,1-2H3. The molecule has 0 aliphatic carbocycles. The van der Waals surface area contributed by atoms with Gasteiger partial charge in [0.15, 0.2) is 0 Å². The molecule has 1 rings (SSSR count). The Morgan fingerprint density at radius 1 is 1.00 bits per heavy atom. The van der Waals surface area contributed by atoms with E-state index in [0.29, 0.717) is 26.4 Å². The van der Waals surface area contributed by atoms with Gasteiger partial charge in [0.2, 0.25) is 10.0 Å². The number of hydrogen-bond donors (Lipinski definition) is 1. The maximum Gasteiger partial charge on any atom is 0.243 e. The number of benzene rings is 1. The van der Waals surface area contributed by atoms with Crippen LogP contribution in [0.15, 0.2) is 29.2 Å². The Morgan fingerprint density at radius 3 is 1.90 bits per heavy atom. The molecule has 0 radical (unpaired) electrons. The van der Waals surface area contributed by atoms with Crippen molar-refractivity contribution in [2.24, 2.45) is 0 Å². The fourth-order valence-corrected chi connectivity index (χ4v) is 3.15. The van der Waals surface area contributed by atoms with Crippen molar-refractivity contribution in [1.29, 1.82) is 0 Å². The average molecular weight is 317 g/mol. The monoisotopic (exact) mass is 317 g/mol. The summed E-state index contributed by atoms with van der Waals surface area (Å²) in [5.74, 6) is 0.0316. The van der Waals surface area contributed by atoms with E-state index in [-0.39, 0.29) is 23.7 Å². The van der Waals surface area contributed by atoms with Crippen LogP contribution in [-0.4, -0.2) is 57.3 Å². The number of phenolic OH excluding ortho intramolecular Hbond substituents is 1. The molecule has 1 aromatic carbocycles. The second-order valence-electron chi connectivity index (χ2n) is 4.29. The maximum absolute atomic E-state index is 12.6. The summed E-state index contributed by atoms with van der Waals surface area (Å²) >= 11 is 0. The average Bonchev–Trinajstić information content (AvgIpc) is 2.46. The molecular formula is C14H23NO5S. The van der Waals surface area contributed by atoms with Crippen LogP contribution in [0.5, 0.6) is 5.75 Å². The molecule has 1 N–H and O–H groups in total. The fraction of sp³-hybridized carbons (Fsp3) is 0.571. The lowest BCUT2D eigenvalue weighted by Crippen LogP contribution is -2.36. The first kappa shape index (κ1) is 17.9. The Hall–Kier alpha value is -1.15. The van der Waals surface area contributed by atoms with Crippen molar-refractivity contribution in [3.63, 3.8) is 0 Å². The van der Waals surface area contributed by atoms with E-state index in [1.165, 1.54) is 28.6 Å². The first-order chi connectivity index (χ1) is 10.0. The van der Waals surface area contributed by atoms with Crippen LogP contribution < -0.4 is 0 Å². The molecule has 0 heterocycles. The molecular weight excluding hydrogens is 294 g/mol. The first-order valence-electron chi connectivity index (χ1n) is 6.97. The molecule has 0 aliphatic rings. The summed E-state index contributed by atoms with van der Waals surface area (Å²) < 4.78 is 36.9. The molecule has 0 aromatic heterocycles. The molecule has 7 heteroatoms. The van der Waals surface area contributed by atoms with Gasteiger partial charge in [-0.2, -0.15) is 4.31 Å². The molecule has 0 fully saturated rings. The van der Waals surface area contributed by atoms with Crippen LogP contribution in [0.2, 0.25) is 0 Å². The van der Waals surface area contributed by atoms with E-state index >= 15 is 0 Å². The molecule has 1 aromatic rings. The van der Waals surface area contributed by atoms with Crippen molar-refractivity contribution in [3.8, 4) is 5.75 Å². The molecule has 0 amide bonds. The minimum Gasteiger partial charge on any atom is -0.508 e. The number of phenols is 1. The number of ether oxygens (including phenoxy) is 2. The van der Waals surface area contributed by atoms with Crippen LogP contribution in [0.25, 0.3) is 0 Å². The smallest absolute Gasteiger partial charge is 0.243 e. The van der Waals surface area contributed by atoms with E-state index in [0.717, 1.165) is 0 Å². The van der Waals surface area contributed by atoms with Gasteiger partial charge in [0.1, 0.15) is 5.75 Å². The Balaban J connectivity index is 2.84. The second kappa shape index (κ2) is 8.99. The van der Waals surface area contributed by atoms with Crippen molar-refractivity contribution in [3.05, 3.63) is 24.3 Å². The Morgan fingerprint density at radius 2 is 1.48 bits per heavy atom. The van der Waals surface area contributed by atoms with Gasteiger partial charge in [-0.1, -0.05) is 0 Å². The summed E-state index contributed by atoms with van der Waals surface area (Å²) in [7, 11) is -3.62. The summed E-state index contributed by atoms with van der Waals surface area (Å²) in [6.45, 7) is 6.00. The van der Waals surface area contributed by atoms with Gasteiger partial charge in [-0.15, -0.1) is 0 Å². The minimum absolute atomic E-state index is 0.0316. The van der Waals surface area contributed by atoms with Crippen LogP contribution in [0.3, 0.4) is 0 Å². The van der Waals surface area contributed by atoms with Crippen molar-refractivity contribution in [2.75, 3.05) is 39.5 Å². The lowest BCUT2D eigenvalue weighted by atomic mass is 10.3. The van der Waals surface area contributed by atoms with Gasteiger partial charge in [-0.25, -0.2) is 8.42 Å². The van der Waals surface area contributed by atoms with Crippen molar-refractivity contribution >= 4 is 10.0 Å². The van der Waals surface area contributed by atoms with Gasteiger partial charge in [-0.3, -0.25) is 0 Å². The molecule has 0 saturated heterocycles. The van der Waals surface area contributed by atoms with Gasteiger partial charge in [0.05, 0.1) is 18.1 Å². The SMILES string of the molecule is CCOCCN(CCOCC)S(=O)(=O)c1ccc(O)cc1. The molecule has 0 saturated carbocycles. The van der Waals surface area contributed by atoms with Crippen molar-refractivity contribution in [1.82, 2.24) is 4.31 Å². The molecule has 120 valence electrons. The number of rotatable bonds is 10. The Labute approximate surface area is 126 Å². The number of nitrogens with zero attached hydrogens (tertiary/aromatic N) is 1. The fourth-order valence-electron chi connectivity index (χ4n) is 1.74. The van der Waals surface area contributed by atoms with Crippen LogP contribution >= 0.6 is 0 Å². The lowest BCUT2D eigenvalue weighted by Gasteiger charge is -2.22. The highest BCUT2D eigenvalue weighted by molar-refractivity contribution is 7.89. The predicted octanol–water partition coefficient (Wildman–Crippen LogP) is 1.46. The van der Waals surface area contributed by atoms with Crippen molar-refractivity contribution < 1.29 is 23.0 Å². The third kappa shape index (κ3) is 5.62. The van der Waals surface area contributed by atoms with E-state index < -0.39 is 10.0 Å². The minimum atomic E-state index is -3.62. The first-order valence-corrected chi connectivity index (χ1v) is 8.41. The highest BCUT2D eigenvalue weighted by atomic mass is 32.2. The number of sulfonamides is 1. The molecule has 0 unspecified atom stereocenters. The highest BCUT2D eigenvalue weighted by Gasteiger charge is 2.23. The summed E-state index contributed by atoms with van der Waals surface area (Å²) in [6, 6.07) is 5.49. The summed E-state index contributed by atoms with van der Waals surface area (Å²) in [4.78, 5) is 0.147. The van der Waals surface area contributed by atoms with Crippen molar-refractivity contribution in [2.45, 2.75) is 18.7 Å². The van der Waals surface area contributed by atoms with E-state index in [1.807, 2.05) is 13.8 Å². The molecule has 0 aliphatic heterocycles. The Bertz CT molecular complexity index is 491. The van der Waals surface area contributed by atoms with Gasteiger partial charge < -0.3 is 14.6 Å².